The molecule has 2 aliphatic rings. The molecule has 0 aliphatic carbocycles. The van der Waals surface area contributed by atoms with Crippen molar-refractivity contribution in [2.45, 2.75) is 44.8 Å². The van der Waals surface area contributed by atoms with E-state index >= 15 is 0 Å². The number of piperidine rings is 1. The standard InChI is InChI=1S/C22H29N5O2/c28-22(25-19-8-9-21(24-15-19)26-11-2-1-3-12-26)27(17-20-7-5-13-29-20)16-18-6-4-10-23-14-18/h4,6,8-10,14-15,20H,1-3,5,7,11-13,16-17H2,(H,25,28). The summed E-state index contributed by atoms with van der Waals surface area (Å²) in [5.74, 6) is 0.981. The molecule has 0 bridgehead atoms. The molecule has 0 radical (unpaired) electrons. The fourth-order valence-electron chi connectivity index (χ4n) is 3.94. The number of aromatic nitrogens is 2. The molecule has 2 saturated heterocycles. The molecule has 1 atom stereocenters. The highest BCUT2D eigenvalue weighted by molar-refractivity contribution is 5.89. The first-order valence-corrected chi connectivity index (χ1v) is 10.6. The molecule has 2 aromatic heterocycles. The zero-order chi connectivity index (χ0) is 19.9. The van der Waals surface area contributed by atoms with Gasteiger partial charge in [0.2, 0.25) is 0 Å². The summed E-state index contributed by atoms with van der Waals surface area (Å²) in [4.78, 5) is 25.8. The SMILES string of the molecule is O=C(Nc1ccc(N2CCCCC2)nc1)N(Cc1cccnc1)CC1CCCO1. The molecule has 7 nitrogen and oxygen atoms in total. The molecule has 154 valence electrons. The van der Waals surface area contributed by atoms with E-state index < -0.39 is 0 Å². The number of amides is 2. The average Bonchev–Trinajstić information content (AvgIpc) is 3.28. The van der Waals surface area contributed by atoms with Crippen molar-refractivity contribution in [2.75, 3.05) is 36.5 Å². The number of carbonyl (C=O) groups excluding carboxylic acids is 1. The molecule has 0 spiro atoms. The molecule has 4 heterocycles. The van der Waals surface area contributed by atoms with Crippen molar-refractivity contribution in [1.82, 2.24) is 14.9 Å². The van der Waals surface area contributed by atoms with Crippen LogP contribution in [0.3, 0.4) is 0 Å². The predicted octanol–water partition coefficient (Wildman–Crippen LogP) is 3.68. The number of ether oxygens (including phenoxy) is 1. The third-order valence-electron chi connectivity index (χ3n) is 5.51. The van der Waals surface area contributed by atoms with E-state index in [-0.39, 0.29) is 12.1 Å². The van der Waals surface area contributed by atoms with Crippen LogP contribution in [0.1, 0.15) is 37.7 Å². The van der Waals surface area contributed by atoms with Gasteiger partial charge in [0, 0.05) is 45.2 Å². The molecule has 1 N–H and O–H groups in total. The lowest BCUT2D eigenvalue weighted by atomic mass is 10.1. The number of pyridine rings is 2. The van der Waals surface area contributed by atoms with Crippen LogP contribution in [0.2, 0.25) is 0 Å². The second-order valence-corrected chi connectivity index (χ2v) is 7.76. The van der Waals surface area contributed by atoms with Crippen molar-refractivity contribution >= 4 is 17.5 Å². The normalized spacial score (nSPS) is 19.2. The summed E-state index contributed by atoms with van der Waals surface area (Å²) in [6.07, 6.45) is 11.1. The first-order valence-electron chi connectivity index (χ1n) is 10.6. The summed E-state index contributed by atoms with van der Waals surface area (Å²) >= 11 is 0. The van der Waals surface area contributed by atoms with Gasteiger partial charge in [-0.2, -0.15) is 0 Å². The fourth-order valence-corrected chi connectivity index (χ4v) is 3.94. The summed E-state index contributed by atoms with van der Waals surface area (Å²) < 4.78 is 5.75. The van der Waals surface area contributed by atoms with Crippen LogP contribution >= 0.6 is 0 Å². The van der Waals surface area contributed by atoms with Crippen molar-refractivity contribution < 1.29 is 9.53 Å². The van der Waals surface area contributed by atoms with Gasteiger partial charge in [-0.05, 0) is 55.9 Å². The fraction of sp³-hybridized carbons (Fsp3) is 0.500. The number of hydrogen-bond donors (Lipinski definition) is 1. The maximum atomic E-state index is 13.0. The number of urea groups is 1. The molecule has 2 fully saturated rings. The second kappa shape index (κ2) is 9.69. The molecule has 2 aliphatic heterocycles. The highest BCUT2D eigenvalue weighted by Gasteiger charge is 2.23. The maximum absolute atomic E-state index is 13.0. The Hall–Kier alpha value is -2.67. The number of rotatable bonds is 6. The Morgan fingerprint density at radius 2 is 2.07 bits per heavy atom. The Morgan fingerprint density at radius 1 is 1.17 bits per heavy atom. The highest BCUT2D eigenvalue weighted by atomic mass is 16.5. The van der Waals surface area contributed by atoms with Gasteiger partial charge >= 0.3 is 6.03 Å². The Morgan fingerprint density at radius 3 is 2.76 bits per heavy atom. The topological polar surface area (TPSA) is 70.6 Å². The minimum absolute atomic E-state index is 0.0945. The quantitative estimate of drug-likeness (QED) is 0.808. The lowest BCUT2D eigenvalue weighted by Gasteiger charge is -2.28. The van der Waals surface area contributed by atoms with E-state index in [0.29, 0.717) is 18.8 Å². The van der Waals surface area contributed by atoms with Gasteiger partial charge < -0.3 is 19.9 Å². The Bertz CT molecular complexity index is 772. The van der Waals surface area contributed by atoms with Gasteiger partial charge in [-0.25, -0.2) is 9.78 Å². The molecule has 7 heteroatoms. The second-order valence-electron chi connectivity index (χ2n) is 7.76. The lowest BCUT2D eigenvalue weighted by molar-refractivity contribution is 0.0819. The van der Waals surface area contributed by atoms with Crippen molar-refractivity contribution in [3.8, 4) is 0 Å². The molecule has 2 amide bonds. The van der Waals surface area contributed by atoms with Crippen molar-refractivity contribution in [3.05, 3.63) is 48.4 Å². The van der Waals surface area contributed by atoms with E-state index in [1.165, 1.54) is 19.3 Å². The molecule has 0 saturated carbocycles. The Balaban J connectivity index is 1.40. The van der Waals surface area contributed by atoms with E-state index in [1.807, 2.05) is 24.3 Å². The highest BCUT2D eigenvalue weighted by Crippen LogP contribution is 2.20. The smallest absolute Gasteiger partial charge is 0.322 e. The number of nitrogens with one attached hydrogen (secondary N) is 1. The lowest BCUT2D eigenvalue weighted by Crippen LogP contribution is -2.39. The van der Waals surface area contributed by atoms with Gasteiger partial charge in [0.15, 0.2) is 0 Å². The number of hydrogen-bond acceptors (Lipinski definition) is 5. The van der Waals surface area contributed by atoms with E-state index in [0.717, 1.165) is 43.9 Å². The van der Waals surface area contributed by atoms with Crippen molar-refractivity contribution in [2.24, 2.45) is 0 Å². The van der Waals surface area contributed by atoms with E-state index in [9.17, 15) is 4.79 Å². The minimum Gasteiger partial charge on any atom is -0.376 e. The van der Waals surface area contributed by atoms with E-state index in [2.05, 4.69) is 20.2 Å². The predicted molar refractivity (Wildman–Crippen MR) is 113 cm³/mol. The monoisotopic (exact) mass is 395 g/mol. The van der Waals surface area contributed by atoms with Crippen LogP contribution in [0.4, 0.5) is 16.3 Å². The molecular weight excluding hydrogens is 366 g/mol. The van der Waals surface area contributed by atoms with Crippen molar-refractivity contribution in [3.63, 3.8) is 0 Å². The van der Waals surface area contributed by atoms with E-state index in [1.54, 1.807) is 23.5 Å². The molecule has 29 heavy (non-hydrogen) atoms. The van der Waals surface area contributed by atoms with Gasteiger partial charge in [0.25, 0.3) is 0 Å². The molecule has 0 aromatic carbocycles. The summed E-state index contributed by atoms with van der Waals surface area (Å²) in [5, 5.41) is 3.00. The van der Waals surface area contributed by atoms with Crippen LogP contribution < -0.4 is 10.2 Å². The Labute approximate surface area is 172 Å². The number of anilines is 2. The summed E-state index contributed by atoms with van der Waals surface area (Å²) in [6, 6.07) is 7.66. The third-order valence-corrected chi connectivity index (χ3v) is 5.51. The Kier molecular flexibility index (Phi) is 6.56. The van der Waals surface area contributed by atoms with Crippen LogP contribution in [-0.4, -0.2) is 53.2 Å². The summed E-state index contributed by atoms with van der Waals surface area (Å²) in [7, 11) is 0. The number of nitrogens with zero attached hydrogens (tertiary/aromatic N) is 4. The third kappa shape index (κ3) is 5.44. The van der Waals surface area contributed by atoms with Gasteiger partial charge in [0.1, 0.15) is 5.82 Å². The zero-order valence-corrected chi connectivity index (χ0v) is 16.8. The molecule has 1 unspecified atom stereocenters. The molecule has 4 rings (SSSR count). The van der Waals surface area contributed by atoms with Crippen LogP contribution in [0.5, 0.6) is 0 Å². The van der Waals surface area contributed by atoms with Crippen LogP contribution in [-0.2, 0) is 11.3 Å². The summed E-state index contributed by atoms with van der Waals surface area (Å²) in [6.45, 7) is 3.95. The van der Waals surface area contributed by atoms with Crippen molar-refractivity contribution in [1.29, 1.82) is 0 Å². The average molecular weight is 396 g/mol. The van der Waals surface area contributed by atoms with E-state index in [4.69, 9.17) is 4.74 Å². The van der Waals surface area contributed by atoms with Gasteiger partial charge in [-0.15, -0.1) is 0 Å². The minimum atomic E-state index is -0.142. The molecule has 2 aromatic rings. The van der Waals surface area contributed by atoms with Gasteiger partial charge in [-0.3, -0.25) is 4.98 Å². The van der Waals surface area contributed by atoms with Crippen LogP contribution in [0.15, 0.2) is 42.9 Å². The van der Waals surface area contributed by atoms with Gasteiger partial charge in [0.05, 0.1) is 18.0 Å². The van der Waals surface area contributed by atoms with Crippen LogP contribution in [0, 0.1) is 0 Å². The zero-order valence-electron chi connectivity index (χ0n) is 16.8. The first kappa shape index (κ1) is 19.6. The maximum Gasteiger partial charge on any atom is 0.322 e. The first-order chi connectivity index (χ1) is 14.3. The molecular formula is C22H29N5O2. The number of carbonyl (C=O) groups is 1. The van der Waals surface area contributed by atoms with Crippen LogP contribution in [0.25, 0.3) is 0 Å². The largest absolute Gasteiger partial charge is 0.376 e. The summed E-state index contributed by atoms with van der Waals surface area (Å²) in [5.41, 5.74) is 1.71. The van der Waals surface area contributed by atoms with Gasteiger partial charge in [-0.1, -0.05) is 6.07 Å².